The molecule has 114 valence electrons. The summed E-state index contributed by atoms with van der Waals surface area (Å²) < 4.78 is 0. The van der Waals surface area contributed by atoms with Crippen LogP contribution in [0.5, 0.6) is 0 Å². The highest BCUT2D eigenvalue weighted by atomic mass is 35.5. The van der Waals surface area contributed by atoms with Crippen LogP contribution in [-0.2, 0) is 9.59 Å². The summed E-state index contributed by atoms with van der Waals surface area (Å²) in [4.78, 5) is 23.4. The van der Waals surface area contributed by atoms with Gasteiger partial charge in [0.1, 0.15) is 0 Å². The van der Waals surface area contributed by atoms with Gasteiger partial charge in [0.15, 0.2) is 0 Å². The van der Waals surface area contributed by atoms with Crippen molar-refractivity contribution >= 4 is 40.9 Å². The Labute approximate surface area is 134 Å². The molecule has 4 nitrogen and oxygen atoms in total. The molecule has 1 saturated carbocycles. The highest BCUT2D eigenvalue weighted by Gasteiger charge is 2.17. The van der Waals surface area contributed by atoms with Crippen molar-refractivity contribution in [2.45, 2.75) is 31.7 Å². The quantitative estimate of drug-likeness (QED) is 0.844. The molecule has 0 bridgehead atoms. The van der Waals surface area contributed by atoms with Gasteiger partial charge < -0.3 is 10.6 Å². The van der Waals surface area contributed by atoms with Crippen molar-refractivity contribution in [1.29, 1.82) is 0 Å². The molecule has 6 heteroatoms. The molecule has 1 aliphatic carbocycles. The fourth-order valence-electron chi connectivity index (χ4n) is 2.31. The standard InChI is InChI=1S/C15H19ClN2O2S/c16-11-5-7-13(8-6-11)18-15(20)10-21-9-14(19)17-12-3-1-2-4-12/h5-8,12H,1-4,9-10H2,(H,17,19)(H,18,20). The smallest absolute Gasteiger partial charge is 0.234 e. The molecule has 2 amide bonds. The minimum Gasteiger partial charge on any atom is -0.353 e. The molecule has 1 aliphatic rings. The number of hydrogen-bond acceptors (Lipinski definition) is 3. The molecule has 0 unspecified atom stereocenters. The Balaban J connectivity index is 1.62. The van der Waals surface area contributed by atoms with Gasteiger partial charge in [0.05, 0.1) is 11.5 Å². The van der Waals surface area contributed by atoms with E-state index in [1.54, 1.807) is 24.3 Å². The lowest BCUT2D eigenvalue weighted by atomic mass is 10.2. The van der Waals surface area contributed by atoms with Gasteiger partial charge in [0, 0.05) is 16.8 Å². The van der Waals surface area contributed by atoms with Crippen LogP contribution in [0, 0.1) is 0 Å². The van der Waals surface area contributed by atoms with Gasteiger partial charge in [-0.2, -0.15) is 0 Å². The van der Waals surface area contributed by atoms with Gasteiger partial charge >= 0.3 is 0 Å². The van der Waals surface area contributed by atoms with Crippen molar-refractivity contribution in [2.75, 3.05) is 16.8 Å². The summed E-state index contributed by atoms with van der Waals surface area (Å²) in [5.74, 6) is 0.493. The molecule has 21 heavy (non-hydrogen) atoms. The van der Waals surface area contributed by atoms with Crippen molar-refractivity contribution in [3.8, 4) is 0 Å². The molecule has 0 aliphatic heterocycles. The van der Waals surface area contributed by atoms with E-state index >= 15 is 0 Å². The number of anilines is 1. The van der Waals surface area contributed by atoms with Crippen molar-refractivity contribution < 1.29 is 9.59 Å². The molecule has 2 N–H and O–H groups in total. The first kappa shape index (κ1) is 16.2. The number of carbonyl (C=O) groups excluding carboxylic acids is 2. The van der Waals surface area contributed by atoms with Gasteiger partial charge in [0.2, 0.25) is 11.8 Å². The number of nitrogens with one attached hydrogen (secondary N) is 2. The second-order valence-corrected chi connectivity index (χ2v) is 6.52. The van der Waals surface area contributed by atoms with Gasteiger partial charge in [-0.1, -0.05) is 24.4 Å². The Morgan fingerprint density at radius 2 is 1.71 bits per heavy atom. The first-order chi connectivity index (χ1) is 10.1. The summed E-state index contributed by atoms with van der Waals surface area (Å²) in [6.07, 6.45) is 4.55. The van der Waals surface area contributed by atoms with E-state index in [2.05, 4.69) is 10.6 Å². The third-order valence-electron chi connectivity index (χ3n) is 3.31. The Hall–Kier alpha value is -1.20. The Kier molecular flexibility index (Phi) is 6.39. The molecular formula is C15H19ClN2O2S. The van der Waals surface area contributed by atoms with E-state index in [0.29, 0.717) is 22.5 Å². The van der Waals surface area contributed by atoms with E-state index in [4.69, 9.17) is 11.6 Å². The Morgan fingerprint density at radius 1 is 1.10 bits per heavy atom. The molecule has 0 saturated heterocycles. The molecule has 1 aromatic carbocycles. The fourth-order valence-corrected chi connectivity index (χ4v) is 3.06. The van der Waals surface area contributed by atoms with Crippen molar-refractivity contribution in [1.82, 2.24) is 5.32 Å². The van der Waals surface area contributed by atoms with E-state index in [-0.39, 0.29) is 17.6 Å². The number of halogens is 1. The zero-order chi connectivity index (χ0) is 15.1. The van der Waals surface area contributed by atoms with Crippen molar-refractivity contribution in [3.05, 3.63) is 29.3 Å². The van der Waals surface area contributed by atoms with Gasteiger partial charge in [-0.05, 0) is 37.1 Å². The van der Waals surface area contributed by atoms with E-state index in [0.717, 1.165) is 12.8 Å². The second kappa shape index (κ2) is 8.29. The first-order valence-electron chi connectivity index (χ1n) is 7.06. The summed E-state index contributed by atoms with van der Waals surface area (Å²) in [5.41, 5.74) is 0.709. The zero-order valence-electron chi connectivity index (χ0n) is 11.7. The van der Waals surface area contributed by atoms with Crippen LogP contribution in [-0.4, -0.2) is 29.4 Å². The highest BCUT2D eigenvalue weighted by molar-refractivity contribution is 8.00. The van der Waals surface area contributed by atoms with Crippen LogP contribution in [0.15, 0.2) is 24.3 Å². The Bertz CT molecular complexity index is 487. The molecule has 0 atom stereocenters. The summed E-state index contributed by atoms with van der Waals surface area (Å²) in [6.45, 7) is 0. The van der Waals surface area contributed by atoms with Crippen LogP contribution in [0.25, 0.3) is 0 Å². The number of carbonyl (C=O) groups is 2. The molecule has 0 heterocycles. The van der Waals surface area contributed by atoms with Gasteiger partial charge in [-0.15, -0.1) is 11.8 Å². The maximum Gasteiger partial charge on any atom is 0.234 e. The predicted octanol–water partition coefficient (Wildman–Crippen LogP) is 3.07. The molecule has 1 fully saturated rings. The van der Waals surface area contributed by atoms with Crippen molar-refractivity contribution in [3.63, 3.8) is 0 Å². The van der Waals surface area contributed by atoms with Gasteiger partial charge in [-0.3, -0.25) is 9.59 Å². The van der Waals surface area contributed by atoms with Gasteiger partial charge in [0.25, 0.3) is 0 Å². The van der Waals surface area contributed by atoms with E-state index < -0.39 is 0 Å². The number of benzene rings is 1. The topological polar surface area (TPSA) is 58.2 Å². The number of amides is 2. The minimum absolute atomic E-state index is 0.0196. The van der Waals surface area contributed by atoms with Crippen LogP contribution < -0.4 is 10.6 Å². The third-order valence-corrected chi connectivity index (χ3v) is 4.50. The van der Waals surface area contributed by atoms with Gasteiger partial charge in [-0.25, -0.2) is 0 Å². The average molecular weight is 327 g/mol. The molecule has 0 radical (unpaired) electrons. The highest BCUT2D eigenvalue weighted by Crippen LogP contribution is 2.18. The number of hydrogen-bond donors (Lipinski definition) is 2. The van der Waals surface area contributed by atoms with Crippen LogP contribution in [0.4, 0.5) is 5.69 Å². The summed E-state index contributed by atoms with van der Waals surface area (Å²) in [7, 11) is 0. The van der Waals surface area contributed by atoms with Crippen molar-refractivity contribution in [2.24, 2.45) is 0 Å². The van der Waals surface area contributed by atoms with E-state index in [1.807, 2.05) is 0 Å². The molecular weight excluding hydrogens is 308 g/mol. The first-order valence-corrected chi connectivity index (χ1v) is 8.59. The average Bonchev–Trinajstić information content (AvgIpc) is 2.94. The molecule has 2 rings (SSSR count). The molecule has 1 aromatic rings. The number of rotatable bonds is 6. The van der Waals surface area contributed by atoms with Crippen LogP contribution in [0.2, 0.25) is 5.02 Å². The summed E-state index contributed by atoms with van der Waals surface area (Å²) in [6, 6.07) is 7.27. The molecule has 0 aromatic heterocycles. The monoisotopic (exact) mass is 326 g/mol. The minimum atomic E-state index is -0.115. The maximum absolute atomic E-state index is 11.7. The third kappa shape index (κ3) is 5.98. The maximum atomic E-state index is 11.7. The lowest BCUT2D eigenvalue weighted by Crippen LogP contribution is -2.34. The zero-order valence-corrected chi connectivity index (χ0v) is 13.3. The van der Waals surface area contributed by atoms with E-state index in [9.17, 15) is 9.59 Å². The summed E-state index contributed by atoms with van der Waals surface area (Å²) >= 11 is 7.10. The van der Waals surface area contributed by atoms with Crippen LogP contribution in [0.1, 0.15) is 25.7 Å². The van der Waals surface area contributed by atoms with E-state index in [1.165, 1.54) is 24.6 Å². The normalized spacial score (nSPS) is 14.9. The van der Waals surface area contributed by atoms with Crippen LogP contribution in [0.3, 0.4) is 0 Å². The Morgan fingerprint density at radius 3 is 2.38 bits per heavy atom. The van der Waals surface area contributed by atoms with Crippen LogP contribution >= 0.6 is 23.4 Å². The lowest BCUT2D eigenvalue weighted by Gasteiger charge is -2.11. The fraction of sp³-hybridized carbons (Fsp3) is 0.467. The largest absolute Gasteiger partial charge is 0.353 e. The summed E-state index contributed by atoms with van der Waals surface area (Å²) in [5, 5.41) is 6.40. The number of thioether (sulfide) groups is 1. The second-order valence-electron chi connectivity index (χ2n) is 5.10. The molecule has 0 spiro atoms. The predicted molar refractivity (Wildman–Crippen MR) is 87.8 cm³/mol. The SMILES string of the molecule is O=C(CSCC(=O)NC1CCCC1)Nc1ccc(Cl)cc1. The lowest BCUT2D eigenvalue weighted by molar-refractivity contribution is -0.119.